The zero-order valence-corrected chi connectivity index (χ0v) is 12.9. The molecule has 2 unspecified atom stereocenters. The van der Waals surface area contributed by atoms with Gasteiger partial charge >= 0.3 is 0 Å². The highest BCUT2D eigenvalue weighted by molar-refractivity contribution is 5.97. The van der Waals surface area contributed by atoms with Gasteiger partial charge < -0.3 is 20.1 Å². The number of benzene rings is 1. The van der Waals surface area contributed by atoms with Crippen LogP contribution in [-0.4, -0.2) is 49.2 Å². The van der Waals surface area contributed by atoms with Gasteiger partial charge in [-0.2, -0.15) is 0 Å². The fourth-order valence-electron chi connectivity index (χ4n) is 2.99. The molecule has 0 bridgehead atoms. The van der Waals surface area contributed by atoms with Crippen LogP contribution < -0.4 is 10.1 Å². The van der Waals surface area contributed by atoms with E-state index in [9.17, 15) is 9.90 Å². The van der Waals surface area contributed by atoms with Crippen molar-refractivity contribution < 1.29 is 14.6 Å². The zero-order chi connectivity index (χ0) is 15.4. The molecule has 0 aromatic heterocycles. The summed E-state index contributed by atoms with van der Waals surface area (Å²) in [4.78, 5) is 14.5. The minimum absolute atomic E-state index is 0.00425. The highest BCUT2D eigenvalue weighted by Gasteiger charge is 2.30. The van der Waals surface area contributed by atoms with Crippen molar-refractivity contribution >= 4 is 5.91 Å². The molecule has 5 nitrogen and oxygen atoms in total. The van der Waals surface area contributed by atoms with Gasteiger partial charge in [-0.1, -0.05) is 13.3 Å². The Hall–Kier alpha value is -1.75. The molecule has 0 radical (unpaired) electrons. The van der Waals surface area contributed by atoms with Crippen LogP contribution in [0.3, 0.4) is 0 Å². The summed E-state index contributed by atoms with van der Waals surface area (Å²) < 4.78 is 5.13. The average molecular weight is 292 g/mol. The summed E-state index contributed by atoms with van der Waals surface area (Å²) in [6, 6.07) is 5.21. The number of hydrogen-bond acceptors (Lipinski definition) is 4. The normalized spacial score (nSPS) is 22.1. The number of phenols is 1. The highest BCUT2D eigenvalue weighted by Crippen LogP contribution is 2.27. The number of nitrogens with one attached hydrogen (secondary N) is 1. The highest BCUT2D eigenvalue weighted by atomic mass is 16.5. The van der Waals surface area contributed by atoms with E-state index in [1.54, 1.807) is 19.2 Å². The van der Waals surface area contributed by atoms with Crippen molar-refractivity contribution in [3.63, 3.8) is 0 Å². The first kappa shape index (κ1) is 15.6. The summed E-state index contributed by atoms with van der Waals surface area (Å²) in [5, 5.41) is 13.3. The third kappa shape index (κ3) is 3.29. The van der Waals surface area contributed by atoms with Gasteiger partial charge in [-0.25, -0.2) is 0 Å². The first-order valence-corrected chi connectivity index (χ1v) is 7.44. The fourth-order valence-corrected chi connectivity index (χ4v) is 2.99. The average Bonchev–Trinajstić information content (AvgIpc) is 2.54. The van der Waals surface area contributed by atoms with Crippen LogP contribution in [0, 0.1) is 5.92 Å². The van der Waals surface area contributed by atoms with Crippen molar-refractivity contribution in [2.75, 3.05) is 27.2 Å². The Balaban J connectivity index is 2.17. The first-order valence-electron chi connectivity index (χ1n) is 7.44. The Morgan fingerprint density at radius 3 is 2.90 bits per heavy atom. The van der Waals surface area contributed by atoms with E-state index in [1.807, 2.05) is 11.9 Å². The predicted molar refractivity (Wildman–Crippen MR) is 81.8 cm³/mol. The second-order valence-electron chi connectivity index (χ2n) is 5.49. The van der Waals surface area contributed by atoms with E-state index in [-0.39, 0.29) is 11.7 Å². The summed E-state index contributed by atoms with van der Waals surface area (Å²) in [6.07, 6.45) is 1.96. The number of piperidine rings is 1. The van der Waals surface area contributed by atoms with E-state index >= 15 is 0 Å². The summed E-state index contributed by atoms with van der Waals surface area (Å²) in [5.41, 5.74) is 0.312. The van der Waals surface area contributed by atoms with Crippen molar-refractivity contribution in [3.05, 3.63) is 23.8 Å². The van der Waals surface area contributed by atoms with E-state index in [0.29, 0.717) is 29.8 Å². The van der Waals surface area contributed by atoms with Gasteiger partial charge in [0, 0.05) is 19.1 Å². The SMILES string of the molecule is CCC1CN(C(=O)c2cc(OC)ccc2O)CCC1NC. The Morgan fingerprint density at radius 2 is 2.29 bits per heavy atom. The van der Waals surface area contributed by atoms with Crippen LogP contribution in [0.5, 0.6) is 11.5 Å². The number of amides is 1. The van der Waals surface area contributed by atoms with Crippen LogP contribution in [0.4, 0.5) is 0 Å². The quantitative estimate of drug-likeness (QED) is 0.889. The molecule has 1 aromatic carbocycles. The molecule has 1 aromatic rings. The maximum absolute atomic E-state index is 12.6. The van der Waals surface area contributed by atoms with E-state index in [0.717, 1.165) is 19.4 Å². The Labute approximate surface area is 125 Å². The van der Waals surface area contributed by atoms with Gasteiger partial charge in [0.2, 0.25) is 0 Å². The smallest absolute Gasteiger partial charge is 0.257 e. The van der Waals surface area contributed by atoms with Crippen LogP contribution in [0.2, 0.25) is 0 Å². The van der Waals surface area contributed by atoms with Crippen LogP contribution >= 0.6 is 0 Å². The van der Waals surface area contributed by atoms with Crippen molar-refractivity contribution in [3.8, 4) is 11.5 Å². The lowest BCUT2D eigenvalue weighted by molar-refractivity contribution is 0.0628. The molecule has 1 aliphatic heterocycles. The monoisotopic (exact) mass is 292 g/mol. The van der Waals surface area contributed by atoms with Crippen molar-refractivity contribution in [1.82, 2.24) is 10.2 Å². The van der Waals surface area contributed by atoms with Crippen LogP contribution in [0.15, 0.2) is 18.2 Å². The zero-order valence-electron chi connectivity index (χ0n) is 12.9. The molecule has 1 heterocycles. The Kier molecular flexibility index (Phi) is 5.07. The van der Waals surface area contributed by atoms with Gasteiger partial charge in [0.15, 0.2) is 0 Å². The number of carbonyl (C=O) groups is 1. The summed E-state index contributed by atoms with van der Waals surface area (Å²) in [5.74, 6) is 0.901. The van der Waals surface area contributed by atoms with Gasteiger partial charge in [0.05, 0.1) is 12.7 Å². The van der Waals surface area contributed by atoms with Crippen LogP contribution in [-0.2, 0) is 0 Å². The molecule has 0 saturated carbocycles. The molecule has 2 atom stereocenters. The molecule has 0 aliphatic carbocycles. The molecule has 5 heteroatoms. The van der Waals surface area contributed by atoms with E-state index < -0.39 is 0 Å². The molecule has 2 N–H and O–H groups in total. The minimum atomic E-state index is -0.126. The lowest BCUT2D eigenvalue weighted by Gasteiger charge is -2.38. The number of rotatable bonds is 4. The van der Waals surface area contributed by atoms with Crippen molar-refractivity contribution in [2.45, 2.75) is 25.8 Å². The van der Waals surface area contributed by atoms with E-state index in [4.69, 9.17) is 4.74 Å². The number of phenolic OH excluding ortho intramolecular Hbond substituents is 1. The fraction of sp³-hybridized carbons (Fsp3) is 0.562. The van der Waals surface area contributed by atoms with Crippen LogP contribution in [0.25, 0.3) is 0 Å². The molecule has 1 amide bonds. The van der Waals surface area contributed by atoms with Crippen LogP contribution in [0.1, 0.15) is 30.1 Å². The molecule has 0 spiro atoms. The summed E-state index contributed by atoms with van der Waals surface area (Å²) >= 11 is 0. The summed E-state index contributed by atoms with van der Waals surface area (Å²) in [6.45, 7) is 3.57. The Morgan fingerprint density at radius 1 is 1.52 bits per heavy atom. The largest absolute Gasteiger partial charge is 0.507 e. The second kappa shape index (κ2) is 6.80. The molecular weight excluding hydrogens is 268 g/mol. The molecule has 21 heavy (non-hydrogen) atoms. The molecule has 116 valence electrons. The maximum Gasteiger partial charge on any atom is 0.257 e. The lowest BCUT2D eigenvalue weighted by atomic mass is 9.89. The number of nitrogens with zero attached hydrogens (tertiary/aromatic N) is 1. The molecule has 1 saturated heterocycles. The summed E-state index contributed by atoms with van der Waals surface area (Å²) in [7, 11) is 3.52. The van der Waals surface area contributed by atoms with Gasteiger partial charge in [0.1, 0.15) is 11.5 Å². The first-order chi connectivity index (χ1) is 10.1. The number of likely N-dealkylation sites (tertiary alicyclic amines) is 1. The number of carbonyl (C=O) groups excluding carboxylic acids is 1. The molecule has 1 aliphatic rings. The topological polar surface area (TPSA) is 61.8 Å². The predicted octanol–water partition coefficient (Wildman–Crippen LogP) is 1.86. The van der Waals surface area contributed by atoms with Gasteiger partial charge in [-0.3, -0.25) is 4.79 Å². The third-order valence-electron chi connectivity index (χ3n) is 4.35. The number of ether oxygens (including phenoxy) is 1. The van der Waals surface area contributed by atoms with Crippen molar-refractivity contribution in [1.29, 1.82) is 0 Å². The molecule has 2 rings (SSSR count). The number of aromatic hydroxyl groups is 1. The van der Waals surface area contributed by atoms with Crippen molar-refractivity contribution in [2.24, 2.45) is 5.92 Å². The number of methoxy groups -OCH3 is 1. The van der Waals surface area contributed by atoms with Gasteiger partial charge in [-0.15, -0.1) is 0 Å². The number of hydrogen-bond donors (Lipinski definition) is 2. The standard InChI is InChI=1S/C16H24N2O3/c1-4-11-10-18(8-7-14(11)17-2)16(20)13-9-12(21-3)5-6-15(13)19/h5-6,9,11,14,17,19H,4,7-8,10H2,1-3H3. The third-order valence-corrected chi connectivity index (χ3v) is 4.35. The molecule has 1 fully saturated rings. The van der Waals surface area contributed by atoms with Gasteiger partial charge in [-0.05, 0) is 37.6 Å². The Bertz CT molecular complexity index is 504. The maximum atomic E-state index is 12.6. The molecular formula is C16H24N2O3. The second-order valence-corrected chi connectivity index (χ2v) is 5.49. The minimum Gasteiger partial charge on any atom is -0.507 e. The lowest BCUT2D eigenvalue weighted by Crippen LogP contribution is -2.50. The van der Waals surface area contributed by atoms with Gasteiger partial charge in [0.25, 0.3) is 5.91 Å². The van der Waals surface area contributed by atoms with E-state index in [2.05, 4.69) is 12.2 Å². The van der Waals surface area contributed by atoms with E-state index in [1.165, 1.54) is 6.07 Å².